The number of piperidine rings is 1. The molecule has 0 aliphatic carbocycles. The Labute approximate surface area is 172 Å². The van der Waals surface area contributed by atoms with Gasteiger partial charge in [-0.2, -0.15) is 5.26 Å². The summed E-state index contributed by atoms with van der Waals surface area (Å²) in [6.45, 7) is 3.11. The van der Waals surface area contributed by atoms with Gasteiger partial charge >= 0.3 is 0 Å². The van der Waals surface area contributed by atoms with Crippen molar-refractivity contribution in [3.8, 4) is 17.6 Å². The third kappa shape index (κ3) is 6.91. The monoisotopic (exact) mass is 423 g/mol. The first kappa shape index (κ1) is 23.0. The van der Waals surface area contributed by atoms with Crippen LogP contribution in [0.2, 0.25) is 0 Å². The number of methoxy groups -OCH3 is 1. The number of nitriles is 1. The van der Waals surface area contributed by atoms with Crippen LogP contribution in [-0.4, -0.2) is 57.2 Å². The van der Waals surface area contributed by atoms with Gasteiger partial charge in [-0.05, 0) is 37.8 Å². The summed E-state index contributed by atoms with van der Waals surface area (Å²) in [5.41, 5.74) is 0.488. The largest absolute Gasteiger partial charge is 0.493 e. The van der Waals surface area contributed by atoms with Gasteiger partial charge < -0.3 is 14.8 Å². The predicted molar refractivity (Wildman–Crippen MR) is 109 cm³/mol. The van der Waals surface area contributed by atoms with Gasteiger partial charge in [0.15, 0.2) is 11.5 Å². The second kappa shape index (κ2) is 11.0. The Balaban J connectivity index is 1.69. The molecule has 0 bridgehead atoms. The number of hydrogen-bond donors (Lipinski definition) is 1. The Hall–Kier alpha value is -2.31. The molecule has 1 aromatic rings. The fourth-order valence-corrected chi connectivity index (χ4v) is 4.78. The highest BCUT2D eigenvalue weighted by atomic mass is 32.2. The molecule has 1 aliphatic rings. The van der Waals surface area contributed by atoms with Crippen molar-refractivity contribution in [2.24, 2.45) is 0 Å². The lowest BCUT2D eigenvalue weighted by molar-refractivity contribution is -0.122. The molecule has 29 heavy (non-hydrogen) atoms. The fourth-order valence-electron chi connectivity index (χ4n) is 3.24. The van der Waals surface area contributed by atoms with Crippen molar-refractivity contribution in [2.45, 2.75) is 45.1 Å². The summed E-state index contributed by atoms with van der Waals surface area (Å²) < 4.78 is 36.6. The minimum Gasteiger partial charge on any atom is -0.493 e. The second-order valence-electron chi connectivity index (χ2n) is 6.99. The molecule has 0 atom stereocenters. The van der Waals surface area contributed by atoms with Crippen LogP contribution in [0.4, 0.5) is 0 Å². The minimum absolute atomic E-state index is 0.00937. The summed E-state index contributed by atoms with van der Waals surface area (Å²) >= 11 is 0. The van der Waals surface area contributed by atoms with Gasteiger partial charge in [0.1, 0.15) is 0 Å². The van der Waals surface area contributed by atoms with Gasteiger partial charge in [-0.3, -0.25) is 4.79 Å². The lowest BCUT2D eigenvalue weighted by Crippen LogP contribution is -2.47. The molecule has 1 saturated heterocycles. The summed E-state index contributed by atoms with van der Waals surface area (Å²) in [7, 11) is -1.65. The maximum Gasteiger partial charge on any atom is 0.220 e. The Morgan fingerprint density at radius 1 is 1.31 bits per heavy atom. The van der Waals surface area contributed by atoms with Crippen molar-refractivity contribution < 1.29 is 22.7 Å². The van der Waals surface area contributed by atoms with Crippen LogP contribution in [0, 0.1) is 11.3 Å². The maximum atomic E-state index is 12.2. The summed E-state index contributed by atoms with van der Waals surface area (Å²) in [5, 5.41) is 11.9. The summed E-state index contributed by atoms with van der Waals surface area (Å²) in [4.78, 5) is 12.2. The molecule has 160 valence electrons. The highest BCUT2D eigenvalue weighted by Crippen LogP contribution is 2.28. The van der Waals surface area contributed by atoms with E-state index in [1.165, 1.54) is 11.4 Å². The second-order valence-corrected chi connectivity index (χ2v) is 9.07. The standard InChI is InChI=1S/C20H29N3O5S/c1-3-13-29(25,26)23-10-8-17(9-11-23)22-20(24)5-4-12-28-18-7-6-16(15-21)14-19(18)27-2/h6-7,14,17H,3-5,8-13H2,1-2H3,(H,22,24). The number of ether oxygens (including phenoxy) is 2. The van der Waals surface area contributed by atoms with E-state index in [0.717, 1.165) is 0 Å². The number of nitrogens with one attached hydrogen (secondary N) is 1. The average molecular weight is 424 g/mol. The number of hydrogen-bond acceptors (Lipinski definition) is 6. The van der Waals surface area contributed by atoms with Gasteiger partial charge in [0.2, 0.25) is 15.9 Å². The minimum atomic E-state index is -3.16. The van der Waals surface area contributed by atoms with Crippen LogP contribution >= 0.6 is 0 Å². The van der Waals surface area contributed by atoms with Crippen molar-refractivity contribution in [3.05, 3.63) is 23.8 Å². The molecular weight excluding hydrogens is 394 g/mol. The number of carbonyl (C=O) groups is 1. The highest BCUT2D eigenvalue weighted by molar-refractivity contribution is 7.89. The molecule has 0 saturated carbocycles. The Morgan fingerprint density at radius 3 is 2.66 bits per heavy atom. The predicted octanol–water partition coefficient (Wildman–Crippen LogP) is 2.05. The van der Waals surface area contributed by atoms with Crippen LogP contribution in [0.15, 0.2) is 18.2 Å². The smallest absolute Gasteiger partial charge is 0.220 e. The van der Waals surface area contributed by atoms with Crippen LogP contribution in [0.25, 0.3) is 0 Å². The van der Waals surface area contributed by atoms with Gasteiger partial charge in [-0.25, -0.2) is 12.7 Å². The number of amides is 1. The summed E-state index contributed by atoms with van der Waals surface area (Å²) in [6.07, 6.45) is 2.74. The SMILES string of the molecule is CCCS(=O)(=O)N1CCC(NC(=O)CCCOc2ccc(C#N)cc2OC)CC1. The molecule has 0 aromatic heterocycles. The lowest BCUT2D eigenvalue weighted by Gasteiger charge is -2.31. The van der Waals surface area contributed by atoms with Crippen LogP contribution in [-0.2, 0) is 14.8 Å². The number of rotatable bonds is 10. The van der Waals surface area contributed by atoms with Gasteiger partial charge in [-0.15, -0.1) is 0 Å². The topological polar surface area (TPSA) is 109 Å². The molecule has 1 N–H and O–H groups in total. The molecule has 1 heterocycles. The molecule has 1 fully saturated rings. The quantitative estimate of drug-likeness (QED) is 0.577. The molecule has 1 amide bonds. The number of sulfonamides is 1. The van der Waals surface area contributed by atoms with Crippen LogP contribution in [0.3, 0.4) is 0 Å². The highest BCUT2D eigenvalue weighted by Gasteiger charge is 2.27. The Kier molecular flexibility index (Phi) is 8.73. The zero-order valence-corrected chi connectivity index (χ0v) is 17.8. The van der Waals surface area contributed by atoms with Crippen molar-refractivity contribution in [3.63, 3.8) is 0 Å². The Bertz CT molecular complexity index is 827. The van der Waals surface area contributed by atoms with Crippen LogP contribution < -0.4 is 14.8 Å². The van der Waals surface area contributed by atoms with E-state index in [1.54, 1.807) is 18.2 Å². The zero-order valence-electron chi connectivity index (χ0n) is 17.0. The number of benzene rings is 1. The molecule has 0 spiro atoms. The van der Waals surface area contributed by atoms with Gasteiger partial charge in [0.25, 0.3) is 0 Å². The molecule has 0 unspecified atom stereocenters. The maximum absolute atomic E-state index is 12.2. The average Bonchev–Trinajstić information content (AvgIpc) is 2.71. The first-order valence-electron chi connectivity index (χ1n) is 9.87. The van der Waals surface area contributed by atoms with Crippen molar-refractivity contribution in [1.82, 2.24) is 9.62 Å². The summed E-state index contributed by atoms with van der Waals surface area (Å²) in [5.74, 6) is 1.13. The fraction of sp³-hybridized carbons (Fsp3) is 0.600. The Morgan fingerprint density at radius 2 is 2.03 bits per heavy atom. The normalized spacial score (nSPS) is 15.5. The summed E-state index contributed by atoms with van der Waals surface area (Å²) in [6, 6.07) is 6.99. The van der Waals surface area contributed by atoms with Gasteiger partial charge in [0, 0.05) is 31.6 Å². The third-order valence-corrected chi connectivity index (χ3v) is 6.85. The molecule has 1 aliphatic heterocycles. The van der Waals surface area contributed by atoms with E-state index in [1.807, 2.05) is 13.0 Å². The van der Waals surface area contributed by atoms with Crippen LogP contribution in [0.1, 0.15) is 44.6 Å². The van der Waals surface area contributed by atoms with Crippen molar-refractivity contribution >= 4 is 15.9 Å². The van der Waals surface area contributed by atoms with E-state index in [9.17, 15) is 13.2 Å². The number of nitrogens with zero attached hydrogens (tertiary/aromatic N) is 2. The van der Waals surface area contributed by atoms with E-state index in [-0.39, 0.29) is 17.7 Å². The lowest BCUT2D eigenvalue weighted by atomic mass is 10.1. The van der Waals surface area contributed by atoms with Gasteiger partial charge in [-0.1, -0.05) is 6.92 Å². The van der Waals surface area contributed by atoms with E-state index >= 15 is 0 Å². The van der Waals surface area contributed by atoms with E-state index in [0.29, 0.717) is 68.9 Å². The third-order valence-electron chi connectivity index (χ3n) is 4.77. The first-order chi connectivity index (χ1) is 13.9. The molecule has 2 rings (SSSR count). The molecule has 0 radical (unpaired) electrons. The van der Waals surface area contributed by atoms with Crippen LogP contribution in [0.5, 0.6) is 11.5 Å². The van der Waals surface area contributed by atoms with Crippen molar-refractivity contribution in [1.29, 1.82) is 5.26 Å². The van der Waals surface area contributed by atoms with E-state index < -0.39 is 10.0 Å². The van der Waals surface area contributed by atoms with Gasteiger partial charge in [0.05, 0.1) is 31.1 Å². The zero-order chi connectivity index (χ0) is 21.3. The van der Waals surface area contributed by atoms with Crippen molar-refractivity contribution in [2.75, 3.05) is 32.6 Å². The number of carbonyl (C=O) groups excluding carboxylic acids is 1. The molecule has 8 nitrogen and oxygen atoms in total. The molecule has 1 aromatic carbocycles. The van der Waals surface area contributed by atoms with E-state index in [2.05, 4.69) is 5.32 Å². The molecular formula is C20H29N3O5S. The van der Waals surface area contributed by atoms with E-state index in [4.69, 9.17) is 14.7 Å². The molecule has 9 heteroatoms. The first-order valence-corrected chi connectivity index (χ1v) is 11.5.